The van der Waals surface area contributed by atoms with Crippen molar-refractivity contribution in [1.82, 2.24) is 5.32 Å². The van der Waals surface area contributed by atoms with Crippen LogP contribution in [0, 0.1) is 10.8 Å². The van der Waals surface area contributed by atoms with Crippen molar-refractivity contribution in [3.63, 3.8) is 0 Å². The molecule has 0 saturated heterocycles. The molecule has 0 fully saturated rings. The first-order chi connectivity index (χ1) is 11.6. The Bertz CT molecular complexity index is 582. The minimum Gasteiger partial charge on any atom is -0.445 e. The highest BCUT2D eigenvalue weighted by atomic mass is 16.5. The van der Waals surface area contributed by atoms with Gasteiger partial charge in [-0.1, -0.05) is 39.8 Å². The SMILES string of the molecule is CC(C)(CN)C(C)(C)CNC(=O)OCc1ccc(NC(=O)CN)cc1. The second-order valence-electron chi connectivity index (χ2n) is 7.35. The molecule has 0 bridgehead atoms. The van der Waals surface area contributed by atoms with Gasteiger partial charge in [-0.3, -0.25) is 4.79 Å². The van der Waals surface area contributed by atoms with Crippen LogP contribution in [-0.4, -0.2) is 31.6 Å². The minimum atomic E-state index is -0.471. The number of alkyl carbamates (subject to hydrolysis) is 1. The molecular weight excluding hydrogens is 320 g/mol. The van der Waals surface area contributed by atoms with Gasteiger partial charge in [0.05, 0.1) is 6.54 Å². The van der Waals surface area contributed by atoms with E-state index in [4.69, 9.17) is 16.2 Å². The van der Waals surface area contributed by atoms with Gasteiger partial charge in [0, 0.05) is 12.2 Å². The summed E-state index contributed by atoms with van der Waals surface area (Å²) >= 11 is 0. The summed E-state index contributed by atoms with van der Waals surface area (Å²) in [4.78, 5) is 23.1. The summed E-state index contributed by atoms with van der Waals surface area (Å²) in [6, 6.07) is 7.02. The van der Waals surface area contributed by atoms with Crippen molar-refractivity contribution in [3.8, 4) is 0 Å². The maximum Gasteiger partial charge on any atom is 0.407 e. The lowest BCUT2D eigenvalue weighted by molar-refractivity contribution is -0.114. The third-order valence-electron chi connectivity index (χ3n) is 4.81. The maximum absolute atomic E-state index is 11.9. The van der Waals surface area contributed by atoms with Crippen molar-refractivity contribution in [2.24, 2.45) is 22.3 Å². The van der Waals surface area contributed by atoms with E-state index in [1.165, 1.54) is 0 Å². The zero-order chi connectivity index (χ0) is 19.1. The first-order valence-corrected chi connectivity index (χ1v) is 8.31. The van der Waals surface area contributed by atoms with Gasteiger partial charge < -0.3 is 26.8 Å². The number of nitrogens with two attached hydrogens (primary N) is 2. The molecule has 0 aliphatic heterocycles. The van der Waals surface area contributed by atoms with Gasteiger partial charge >= 0.3 is 6.09 Å². The summed E-state index contributed by atoms with van der Waals surface area (Å²) in [7, 11) is 0. The Hall–Kier alpha value is -2.12. The molecule has 0 heterocycles. The number of ether oxygens (including phenoxy) is 1. The Balaban J connectivity index is 2.45. The Labute approximate surface area is 149 Å². The average molecular weight is 350 g/mol. The second-order valence-corrected chi connectivity index (χ2v) is 7.35. The van der Waals surface area contributed by atoms with E-state index >= 15 is 0 Å². The fourth-order valence-electron chi connectivity index (χ4n) is 1.90. The summed E-state index contributed by atoms with van der Waals surface area (Å²) in [5, 5.41) is 5.44. The summed E-state index contributed by atoms with van der Waals surface area (Å²) in [6.45, 7) is 9.36. The van der Waals surface area contributed by atoms with E-state index in [0.29, 0.717) is 18.8 Å². The van der Waals surface area contributed by atoms with Crippen molar-refractivity contribution in [2.75, 3.05) is 25.0 Å². The monoisotopic (exact) mass is 350 g/mol. The van der Waals surface area contributed by atoms with Crippen LogP contribution in [0.2, 0.25) is 0 Å². The van der Waals surface area contributed by atoms with E-state index < -0.39 is 6.09 Å². The van der Waals surface area contributed by atoms with Gasteiger partial charge in [0.2, 0.25) is 5.91 Å². The number of amides is 2. The lowest BCUT2D eigenvalue weighted by atomic mass is 9.68. The molecule has 7 heteroatoms. The van der Waals surface area contributed by atoms with Crippen molar-refractivity contribution < 1.29 is 14.3 Å². The van der Waals surface area contributed by atoms with Crippen LogP contribution in [0.3, 0.4) is 0 Å². The van der Waals surface area contributed by atoms with E-state index in [1.54, 1.807) is 24.3 Å². The highest BCUT2D eigenvalue weighted by Crippen LogP contribution is 2.36. The van der Waals surface area contributed by atoms with Gasteiger partial charge in [0.25, 0.3) is 0 Å². The summed E-state index contributed by atoms with van der Waals surface area (Å²) in [5.74, 6) is -0.258. The van der Waals surface area contributed by atoms with Crippen LogP contribution >= 0.6 is 0 Å². The Morgan fingerprint density at radius 2 is 1.64 bits per heavy atom. The third-order valence-corrected chi connectivity index (χ3v) is 4.81. The Morgan fingerprint density at radius 3 is 2.16 bits per heavy atom. The number of rotatable bonds is 8. The standard InChI is InChI=1S/C18H30N4O3/c1-17(2,11-20)18(3,4)12-21-16(24)25-10-13-5-7-14(8-6-13)22-15(23)9-19/h5-8H,9-12,19-20H2,1-4H3,(H,21,24)(H,22,23). The molecule has 1 aromatic rings. The molecule has 0 saturated carbocycles. The number of hydrogen-bond donors (Lipinski definition) is 4. The van der Waals surface area contributed by atoms with Gasteiger partial charge in [0.15, 0.2) is 0 Å². The molecular formula is C18H30N4O3. The molecule has 25 heavy (non-hydrogen) atoms. The van der Waals surface area contributed by atoms with Crippen molar-refractivity contribution in [3.05, 3.63) is 29.8 Å². The normalized spacial score (nSPS) is 11.8. The minimum absolute atomic E-state index is 0.0671. The predicted molar refractivity (Wildman–Crippen MR) is 98.9 cm³/mol. The summed E-state index contributed by atoms with van der Waals surface area (Å²) < 4.78 is 5.22. The molecule has 0 aliphatic carbocycles. The number of carbonyl (C=O) groups is 2. The number of nitrogens with one attached hydrogen (secondary N) is 2. The molecule has 0 aliphatic rings. The van der Waals surface area contributed by atoms with Gasteiger partial charge in [-0.25, -0.2) is 4.79 Å². The van der Waals surface area contributed by atoms with E-state index in [1.807, 2.05) is 0 Å². The quantitative estimate of drug-likeness (QED) is 0.570. The molecule has 140 valence electrons. The van der Waals surface area contributed by atoms with E-state index in [0.717, 1.165) is 5.56 Å². The fraction of sp³-hybridized carbons (Fsp3) is 0.556. The van der Waals surface area contributed by atoms with Crippen LogP contribution in [0.25, 0.3) is 0 Å². The average Bonchev–Trinajstić information content (AvgIpc) is 2.59. The Morgan fingerprint density at radius 1 is 1.04 bits per heavy atom. The molecule has 0 atom stereocenters. The van der Waals surface area contributed by atoms with Gasteiger partial charge in [0.1, 0.15) is 6.61 Å². The smallest absolute Gasteiger partial charge is 0.407 e. The van der Waals surface area contributed by atoms with Gasteiger partial charge in [-0.05, 0) is 35.1 Å². The maximum atomic E-state index is 11.9. The Kier molecular flexibility index (Phi) is 7.38. The van der Waals surface area contributed by atoms with E-state index in [-0.39, 0.29) is 29.9 Å². The number of anilines is 1. The molecule has 6 N–H and O–H groups in total. The van der Waals surface area contributed by atoms with Crippen molar-refractivity contribution >= 4 is 17.7 Å². The topological polar surface area (TPSA) is 119 Å². The van der Waals surface area contributed by atoms with Crippen molar-refractivity contribution in [1.29, 1.82) is 0 Å². The highest BCUT2D eigenvalue weighted by molar-refractivity contribution is 5.92. The van der Waals surface area contributed by atoms with Crippen LogP contribution < -0.4 is 22.1 Å². The summed E-state index contributed by atoms with van der Waals surface area (Å²) in [5.41, 5.74) is 12.2. The van der Waals surface area contributed by atoms with Crippen LogP contribution in [-0.2, 0) is 16.1 Å². The van der Waals surface area contributed by atoms with Crippen LogP contribution in [0.15, 0.2) is 24.3 Å². The molecule has 2 amide bonds. The van der Waals surface area contributed by atoms with E-state index in [2.05, 4.69) is 38.3 Å². The van der Waals surface area contributed by atoms with Gasteiger partial charge in [-0.15, -0.1) is 0 Å². The zero-order valence-electron chi connectivity index (χ0n) is 15.5. The molecule has 0 spiro atoms. The third kappa shape index (κ3) is 6.36. The second kappa shape index (κ2) is 8.82. The molecule has 1 rings (SSSR count). The zero-order valence-corrected chi connectivity index (χ0v) is 15.5. The first kappa shape index (κ1) is 20.9. The number of benzene rings is 1. The van der Waals surface area contributed by atoms with E-state index in [9.17, 15) is 9.59 Å². The number of carbonyl (C=O) groups excluding carboxylic acids is 2. The van der Waals surface area contributed by atoms with Crippen LogP contribution in [0.1, 0.15) is 33.3 Å². The van der Waals surface area contributed by atoms with Crippen LogP contribution in [0.4, 0.5) is 10.5 Å². The fourth-order valence-corrected chi connectivity index (χ4v) is 1.90. The van der Waals surface area contributed by atoms with Crippen molar-refractivity contribution in [2.45, 2.75) is 34.3 Å². The molecule has 0 radical (unpaired) electrons. The molecule has 0 unspecified atom stereocenters. The number of hydrogen-bond acceptors (Lipinski definition) is 5. The van der Waals surface area contributed by atoms with Gasteiger partial charge in [-0.2, -0.15) is 0 Å². The lowest BCUT2D eigenvalue weighted by Gasteiger charge is -2.40. The largest absolute Gasteiger partial charge is 0.445 e. The predicted octanol–water partition coefficient (Wildman–Crippen LogP) is 1.82. The lowest BCUT2D eigenvalue weighted by Crippen LogP contribution is -2.46. The molecule has 0 aromatic heterocycles. The molecule has 1 aromatic carbocycles. The summed E-state index contributed by atoms with van der Waals surface area (Å²) in [6.07, 6.45) is -0.471. The highest BCUT2D eigenvalue weighted by Gasteiger charge is 2.36. The first-order valence-electron chi connectivity index (χ1n) is 8.31. The molecule has 7 nitrogen and oxygen atoms in total. The van der Waals surface area contributed by atoms with Crippen LogP contribution in [0.5, 0.6) is 0 Å².